The number of carbonyl (C=O) groups excluding carboxylic acids is 1. The number of halogens is 1. The number of nitrogens with two attached hydrogens (primary N) is 1. The van der Waals surface area contributed by atoms with Crippen LogP contribution in [-0.4, -0.2) is 10.7 Å². The second-order valence-corrected chi connectivity index (χ2v) is 11.4. The minimum Gasteiger partial charge on any atom is -0.384 e. The fourth-order valence-corrected chi connectivity index (χ4v) is 6.26. The van der Waals surface area contributed by atoms with Crippen molar-refractivity contribution < 1.29 is 9.72 Å². The highest BCUT2D eigenvalue weighted by atomic mass is 35.5. The van der Waals surface area contributed by atoms with Gasteiger partial charge in [0.05, 0.1) is 28.2 Å². The number of nitro benzene ring substituents is 1. The Morgan fingerprint density at radius 1 is 1.31 bits per heavy atom. The van der Waals surface area contributed by atoms with Crippen molar-refractivity contribution in [3.05, 3.63) is 77.9 Å². The Bertz CT molecular complexity index is 1320. The molecule has 2 heterocycles. The van der Waals surface area contributed by atoms with Gasteiger partial charge in [0.25, 0.3) is 5.69 Å². The number of carbonyl (C=O) groups is 1. The first-order valence-electron chi connectivity index (χ1n) is 11.6. The van der Waals surface area contributed by atoms with E-state index in [0.717, 1.165) is 24.1 Å². The van der Waals surface area contributed by atoms with E-state index >= 15 is 0 Å². The van der Waals surface area contributed by atoms with Crippen LogP contribution < -0.4 is 10.6 Å². The average Bonchev–Trinajstić information content (AvgIpc) is 3.25. The van der Waals surface area contributed by atoms with Crippen LogP contribution in [0.15, 0.2) is 53.0 Å². The SMILES string of the molecule is CCCCc1ccc(C2C(C#N)=C(N)N(c3ccc(Cl)c([N+](=O)[O-])c3)C3=C2C(=O)CC(C)(C)C3)s1. The van der Waals surface area contributed by atoms with Gasteiger partial charge in [0.1, 0.15) is 10.8 Å². The Morgan fingerprint density at radius 2 is 2.06 bits per heavy atom. The number of aryl methyl sites for hydroxylation is 1. The van der Waals surface area contributed by atoms with Gasteiger partial charge in [0.2, 0.25) is 0 Å². The first-order valence-corrected chi connectivity index (χ1v) is 12.8. The smallest absolute Gasteiger partial charge is 0.289 e. The molecule has 2 aromatic rings. The Kier molecular flexibility index (Phi) is 6.76. The summed E-state index contributed by atoms with van der Waals surface area (Å²) in [6.45, 7) is 6.17. The number of Topliss-reactive ketones (excluding diaryl/α,β-unsaturated/α-hetero) is 1. The number of hydrogen-bond acceptors (Lipinski definition) is 7. The molecule has 0 saturated heterocycles. The number of ketones is 1. The number of hydrogen-bond donors (Lipinski definition) is 1. The van der Waals surface area contributed by atoms with Gasteiger partial charge in [-0.05, 0) is 48.9 Å². The highest BCUT2D eigenvalue weighted by molar-refractivity contribution is 7.12. The van der Waals surface area contributed by atoms with Crippen molar-refractivity contribution in [3.63, 3.8) is 0 Å². The van der Waals surface area contributed by atoms with Crippen LogP contribution in [0.1, 0.15) is 62.1 Å². The standard InChI is InChI=1S/C26H27ClN4O3S/c1-4-5-6-16-8-10-22(35-16)23-17(14-28)25(29)30(15-7-9-18(27)19(11-15)31(33)34)20-12-26(2,3)13-21(32)24(20)23/h7-11,23H,4-6,12-13,29H2,1-3H3. The first kappa shape index (κ1) is 25.0. The fourth-order valence-electron chi connectivity index (χ4n) is 4.90. The lowest BCUT2D eigenvalue weighted by molar-refractivity contribution is -0.384. The average molecular weight is 511 g/mol. The van der Waals surface area contributed by atoms with Crippen molar-refractivity contribution in [2.75, 3.05) is 4.90 Å². The third kappa shape index (κ3) is 4.58. The van der Waals surface area contributed by atoms with E-state index < -0.39 is 10.8 Å². The number of anilines is 1. The highest BCUT2D eigenvalue weighted by Crippen LogP contribution is 2.51. The second kappa shape index (κ2) is 9.48. The van der Waals surface area contributed by atoms with E-state index in [2.05, 4.69) is 19.1 Å². The molecule has 35 heavy (non-hydrogen) atoms. The molecule has 1 aliphatic heterocycles. The molecule has 7 nitrogen and oxygen atoms in total. The van der Waals surface area contributed by atoms with Gasteiger partial charge in [-0.25, -0.2) is 0 Å². The quantitative estimate of drug-likeness (QED) is 0.346. The third-order valence-corrected chi connectivity index (χ3v) is 8.04. The zero-order valence-corrected chi connectivity index (χ0v) is 21.5. The predicted molar refractivity (Wildman–Crippen MR) is 138 cm³/mol. The maximum absolute atomic E-state index is 13.6. The summed E-state index contributed by atoms with van der Waals surface area (Å²) in [5.74, 6) is -0.391. The van der Waals surface area contributed by atoms with E-state index in [-0.39, 0.29) is 33.3 Å². The lowest BCUT2D eigenvalue weighted by Crippen LogP contribution is -2.42. The molecule has 0 amide bonds. The molecule has 1 aromatic carbocycles. The summed E-state index contributed by atoms with van der Waals surface area (Å²) in [6, 6.07) is 10.7. The van der Waals surface area contributed by atoms with Crippen molar-refractivity contribution in [2.24, 2.45) is 11.1 Å². The summed E-state index contributed by atoms with van der Waals surface area (Å²) in [6.07, 6.45) is 3.98. The van der Waals surface area contributed by atoms with Crippen LogP contribution in [0.3, 0.4) is 0 Å². The molecule has 0 saturated carbocycles. The molecule has 1 aliphatic carbocycles. The zero-order valence-electron chi connectivity index (χ0n) is 19.9. The first-order chi connectivity index (χ1) is 16.6. The van der Waals surface area contributed by atoms with Gasteiger partial charge in [0, 0.05) is 33.5 Å². The van der Waals surface area contributed by atoms with Crippen LogP contribution in [0.4, 0.5) is 11.4 Å². The summed E-state index contributed by atoms with van der Waals surface area (Å²) in [5.41, 5.74) is 7.95. The van der Waals surface area contributed by atoms with Gasteiger partial charge in [-0.3, -0.25) is 19.8 Å². The van der Waals surface area contributed by atoms with Gasteiger partial charge in [0.15, 0.2) is 5.78 Å². The van der Waals surface area contributed by atoms with E-state index in [1.54, 1.807) is 22.3 Å². The summed E-state index contributed by atoms with van der Waals surface area (Å²) in [7, 11) is 0. The Hall–Kier alpha value is -3.15. The molecular formula is C26H27ClN4O3S. The molecule has 0 bridgehead atoms. The Balaban J connectivity index is 1.93. The number of nitro groups is 1. The minimum atomic E-state index is -0.557. The van der Waals surface area contributed by atoms with E-state index in [1.807, 2.05) is 19.9 Å². The number of unbranched alkanes of at least 4 members (excludes halogenated alkanes) is 1. The number of benzene rings is 1. The van der Waals surface area contributed by atoms with Crippen LogP contribution in [0.5, 0.6) is 0 Å². The molecule has 1 unspecified atom stereocenters. The third-order valence-electron chi connectivity index (χ3n) is 6.51. The van der Waals surface area contributed by atoms with Gasteiger partial charge in [-0.1, -0.05) is 38.8 Å². The number of allylic oxidation sites excluding steroid dienone is 3. The topological polar surface area (TPSA) is 113 Å². The summed E-state index contributed by atoms with van der Waals surface area (Å²) >= 11 is 7.66. The van der Waals surface area contributed by atoms with Crippen molar-refractivity contribution >= 4 is 40.1 Å². The zero-order chi connectivity index (χ0) is 25.5. The van der Waals surface area contributed by atoms with Gasteiger partial charge < -0.3 is 5.73 Å². The molecule has 9 heteroatoms. The molecule has 1 aromatic heterocycles. The van der Waals surface area contributed by atoms with Crippen molar-refractivity contribution in [1.82, 2.24) is 0 Å². The van der Waals surface area contributed by atoms with Crippen LogP contribution in [0, 0.1) is 26.9 Å². The molecular weight excluding hydrogens is 484 g/mol. The van der Waals surface area contributed by atoms with Gasteiger partial charge in [-0.2, -0.15) is 5.26 Å². The summed E-state index contributed by atoms with van der Waals surface area (Å²) in [4.78, 5) is 28.4. The molecule has 0 radical (unpaired) electrons. The van der Waals surface area contributed by atoms with Crippen LogP contribution >= 0.6 is 22.9 Å². The molecule has 4 rings (SSSR count). The lowest BCUT2D eigenvalue weighted by Gasteiger charge is -2.43. The Labute approximate surface area is 213 Å². The molecule has 0 spiro atoms. The number of nitrogens with zero attached hydrogens (tertiary/aromatic N) is 3. The Morgan fingerprint density at radius 3 is 2.71 bits per heavy atom. The number of rotatable bonds is 6. The number of thiophene rings is 1. The monoisotopic (exact) mass is 510 g/mol. The lowest BCUT2D eigenvalue weighted by atomic mass is 9.69. The van der Waals surface area contributed by atoms with E-state index in [1.165, 1.54) is 17.0 Å². The molecule has 2 aliphatic rings. The van der Waals surface area contributed by atoms with E-state index in [9.17, 15) is 20.2 Å². The maximum Gasteiger partial charge on any atom is 0.289 e. The normalized spacial score (nSPS) is 19.6. The van der Waals surface area contributed by atoms with Crippen molar-refractivity contribution in [3.8, 4) is 6.07 Å². The largest absolute Gasteiger partial charge is 0.384 e. The second-order valence-electron chi connectivity index (χ2n) is 9.78. The molecule has 1 atom stereocenters. The van der Waals surface area contributed by atoms with Crippen LogP contribution in [-0.2, 0) is 11.2 Å². The highest BCUT2D eigenvalue weighted by Gasteiger charge is 2.45. The van der Waals surface area contributed by atoms with Gasteiger partial charge >= 0.3 is 0 Å². The molecule has 0 fully saturated rings. The molecule has 2 N–H and O–H groups in total. The summed E-state index contributed by atoms with van der Waals surface area (Å²) < 4.78 is 0. The predicted octanol–water partition coefficient (Wildman–Crippen LogP) is 6.59. The fraction of sp³-hybridized carbons (Fsp3) is 0.385. The van der Waals surface area contributed by atoms with E-state index in [4.69, 9.17) is 17.3 Å². The minimum absolute atomic E-state index is 0.00383. The van der Waals surface area contributed by atoms with E-state index in [0.29, 0.717) is 29.8 Å². The van der Waals surface area contributed by atoms with Gasteiger partial charge in [-0.15, -0.1) is 11.3 Å². The van der Waals surface area contributed by atoms with Crippen molar-refractivity contribution in [1.29, 1.82) is 5.26 Å². The van der Waals surface area contributed by atoms with Crippen LogP contribution in [0.25, 0.3) is 0 Å². The van der Waals surface area contributed by atoms with Crippen molar-refractivity contribution in [2.45, 2.75) is 58.8 Å². The summed E-state index contributed by atoms with van der Waals surface area (Å²) in [5, 5.41) is 21.8. The van der Waals surface area contributed by atoms with Crippen LogP contribution in [0.2, 0.25) is 5.02 Å². The number of nitriles is 1. The molecule has 182 valence electrons. The maximum atomic E-state index is 13.6.